The third kappa shape index (κ3) is 4.05. The molecule has 0 fully saturated rings. The quantitative estimate of drug-likeness (QED) is 0.709. The summed E-state index contributed by atoms with van der Waals surface area (Å²) >= 11 is 2.85. The maximum atomic E-state index is 11.0. The van der Waals surface area contributed by atoms with Crippen molar-refractivity contribution in [2.24, 2.45) is 0 Å². The predicted molar refractivity (Wildman–Crippen MR) is 47.0 cm³/mol. The first-order valence-electron chi connectivity index (χ1n) is 3.08. The van der Waals surface area contributed by atoms with Gasteiger partial charge in [-0.2, -0.15) is 0 Å². The summed E-state index contributed by atoms with van der Waals surface area (Å²) in [6, 6.07) is 0. The second-order valence-electron chi connectivity index (χ2n) is 2.35. The SMILES string of the molecule is C[C@H](O)CN(C)S(=O)(=O)CBr. The lowest BCUT2D eigenvalue weighted by atomic mass is 10.4. The first-order chi connectivity index (χ1) is 4.90. The lowest BCUT2D eigenvalue weighted by molar-refractivity contribution is 0.171. The number of rotatable bonds is 4. The maximum Gasteiger partial charge on any atom is 0.223 e. The molecule has 0 aliphatic heterocycles. The van der Waals surface area contributed by atoms with Crippen molar-refractivity contribution in [3.8, 4) is 0 Å². The highest BCUT2D eigenvalue weighted by Gasteiger charge is 2.16. The molecule has 0 saturated carbocycles. The summed E-state index contributed by atoms with van der Waals surface area (Å²) in [4.78, 5) is 0. The largest absolute Gasteiger partial charge is 0.392 e. The zero-order chi connectivity index (χ0) is 9.07. The molecule has 0 radical (unpaired) electrons. The predicted octanol–water partition coefficient (Wildman–Crippen LogP) is -0.0188. The normalized spacial score (nSPS) is 15.4. The maximum absolute atomic E-state index is 11.0. The molecule has 4 nitrogen and oxygen atoms in total. The van der Waals surface area contributed by atoms with Gasteiger partial charge in [0.25, 0.3) is 0 Å². The smallest absolute Gasteiger partial charge is 0.223 e. The van der Waals surface area contributed by atoms with Gasteiger partial charge < -0.3 is 5.11 Å². The lowest BCUT2D eigenvalue weighted by Gasteiger charge is -2.16. The summed E-state index contributed by atoms with van der Waals surface area (Å²) in [5.74, 6) is 0. The molecule has 0 aliphatic carbocycles. The van der Waals surface area contributed by atoms with Gasteiger partial charge >= 0.3 is 0 Å². The standard InChI is InChI=1S/C5H12BrNO3S/c1-5(8)3-7(2)11(9,10)4-6/h5,8H,3-4H2,1-2H3/t5-/m0/s1. The Hall–Kier alpha value is 0.350. The zero-order valence-electron chi connectivity index (χ0n) is 6.49. The fourth-order valence-corrected chi connectivity index (χ4v) is 2.23. The van der Waals surface area contributed by atoms with Gasteiger partial charge in [-0.15, -0.1) is 0 Å². The van der Waals surface area contributed by atoms with E-state index in [1.807, 2.05) is 0 Å². The average molecular weight is 246 g/mol. The van der Waals surface area contributed by atoms with Crippen molar-refractivity contribution in [1.82, 2.24) is 4.31 Å². The van der Waals surface area contributed by atoms with Gasteiger partial charge in [-0.1, -0.05) is 15.9 Å². The molecule has 0 heterocycles. The highest BCUT2D eigenvalue weighted by atomic mass is 79.9. The van der Waals surface area contributed by atoms with E-state index in [0.717, 1.165) is 4.31 Å². The van der Waals surface area contributed by atoms with Crippen LogP contribution in [-0.4, -0.2) is 42.2 Å². The number of hydrogen-bond donors (Lipinski definition) is 1. The minimum absolute atomic E-state index is 0.108. The molecule has 0 aromatic heterocycles. The van der Waals surface area contributed by atoms with Crippen LogP contribution < -0.4 is 0 Å². The van der Waals surface area contributed by atoms with Crippen molar-refractivity contribution in [3.05, 3.63) is 0 Å². The Labute approximate surface area is 75.4 Å². The summed E-state index contributed by atoms with van der Waals surface area (Å²) in [5, 5.41) is 8.86. The Morgan fingerprint density at radius 2 is 2.09 bits per heavy atom. The van der Waals surface area contributed by atoms with Crippen molar-refractivity contribution >= 4 is 26.0 Å². The van der Waals surface area contributed by atoms with Crippen LogP contribution in [0.15, 0.2) is 0 Å². The van der Waals surface area contributed by atoms with Gasteiger partial charge in [0.2, 0.25) is 10.0 Å². The third-order valence-electron chi connectivity index (χ3n) is 1.13. The molecule has 1 N–H and O–H groups in total. The number of alkyl halides is 1. The summed E-state index contributed by atoms with van der Waals surface area (Å²) in [7, 11) is -1.77. The Balaban J connectivity index is 4.14. The van der Waals surface area contributed by atoms with E-state index in [1.54, 1.807) is 6.92 Å². The van der Waals surface area contributed by atoms with Gasteiger partial charge in [0.05, 0.1) is 6.10 Å². The number of likely N-dealkylation sites (N-methyl/N-ethyl adjacent to an activating group) is 1. The topological polar surface area (TPSA) is 57.6 Å². The highest BCUT2D eigenvalue weighted by molar-refractivity contribution is 9.10. The molecule has 0 amide bonds. The molecular weight excluding hydrogens is 234 g/mol. The van der Waals surface area contributed by atoms with E-state index in [9.17, 15) is 8.42 Å². The van der Waals surface area contributed by atoms with Crippen LogP contribution in [0.4, 0.5) is 0 Å². The first kappa shape index (κ1) is 11.4. The van der Waals surface area contributed by atoms with E-state index < -0.39 is 16.1 Å². The Morgan fingerprint density at radius 3 is 2.36 bits per heavy atom. The van der Waals surface area contributed by atoms with Gasteiger partial charge in [0, 0.05) is 13.6 Å². The van der Waals surface area contributed by atoms with Crippen LogP contribution in [0.5, 0.6) is 0 Å². The van der Waals surface area contributed by atoms with Gasteiger partial charge in [0.15, 0.2) is 0 Å². The Morgan fingerprint density at radius 1 is 1.64 bits per heavy atom. The van der Waals surface area contributed by atoms with E-state index in [0.29, 0.717) is 0 Å². The zero-order valence-corrected chi connectivity index (χ0v) is 8.89. The fourth-order valence-electron chi connectivity index (χ4n) is 0.569. The Kier molecular flexibility index (Phi) is 4.53. The van der Waals surface area contributed by atoms with E-state index in [2.05, 4.69) is 15.9 Å². The minimum Gasteiger partial charge on any atom is -0.392 e. The van der Waals surface area contributed by atoms with Crippen LogP contribution in [0.25, 0.3) is 0 Å². The molecule has 0 bridgehead atoms. The first-order valence-corrected chi connectivity index (χ1v) is 5.81. The third-order valence-corrected chi connectivity index (χ3v) is 4.24. The highest BCUT2D eigenvalue weighted by Crippen LogP contribution is 2.02. The van der Waals surface area contributed by atoms with Crippen LogP contribution in [0.2, 0.25) is 0 Å². The summed E-state index contributed by atoms with van der Waals surface area (Å²) in [5.41, 5.74) is 0. The minimum atomic E-state index is -3.20. The van der Waals surface area contributed by atoms with Gasteiger partial charge in [-0.3, -0.25) is 0 Å². The van der Waals surface area contributed by atoms with E-state index >= 15 is 0 Å². The summed E-state index contributed by atoms with van der Waals surface area (Å²) in [6.45, 7) is 1.67. The molecule has 1 atom stereocenters. The molecule has 68 valence electrons. The second-order valence-corrected chi connectivity index (χ2v) is 5.73. The van der Waals surface area contributed by atoms with Crippen LogP contribution >= 0.6 is 15.9 Å². The number of hydrogen-bond acceptors (Lipinski definition) is 3. The van der Waals surface area contributed by atoms with Crippen molar-refractivity contribution in [2.45, 2.75) is 13.0 Å². The molecule has 0 rings (SSSR count). The molecule has 0 spiro atoms. The van der Waals surface area contributed by atoms with Crippen LogP contribution in [0.3, 0.4) is 0 Å². The molecule has 0 saturated heterocycles. The van der Waals surface area contributed by atoms with E-state index in [-0.39, 0.29) is 11.2 Å². The number of halogens is 1. The van der Waals surface area contributed by atoms with Crippen molar-refractivity contribution in [3.63, 3.8) is 0 Å². The van der Waals surface area contributed by atoms with Crippen LogP contribution in [0.1, 0.15) is 6.92 Å². The lowest BCUT2D eigenvalue weighted by Crippen LogP contribution is -2.33. The molecule has 0 aliphatic rings. The number of sulfonamides is 1. The summed E-state index contributed by atoms with van der Waals surface area (Å²) in [6.07, 6.45) is -0.631. The van der Waals surface area contributed by atoms with Gasteiger partial charge in [-0.05, 0) is 6.92 Å². The Bertz CT molecular complexity index is 202. The molecule has 0 aromatic carbocycles. The number of aliphatic hydroxyl groups excluding tert-OH is 1. The van der Waals surface area contributed by atoms with Crippen molar-refractivity contribution in [2.75, 3.05) is 18.3 Å². The molecular formula is C5H12BrNO3S. The summed E-state index contributed by atoms with van der Waals surface area (Å²) < 4.78 is 23.0. The van der Waals surface area contributed by atoms with E-state index in [4.69, 9.17) is 5.11 Å². The monoisotopic (exact) mass is 245 g/mol. The molecule has 6 heteroatoms. The van der Waals surface area contributed by atoms with Gasteiger partial charge in [0.1, 0.15) is 4.66 Å². The van der Waals surface area contributed by atoms with Gasteiger partial charge in [-0.25, -0.2) is 12.7 Å². The molecule has 0 aromatic rings. The van der Waals surface area contributed by atoms with Crippen molar-refractivity contribution < 1.29 is 13.5 Å². The molecule has 11 heavy (non-hydrogen) atoms. The van der Waals surface area contributed by atoms with Crippen LogP contribution in [0, 0.1) is 0 Å². The van der Waals surface area contributed by atoms with Crippen LogP contribution in [-0.2, 0) is 10.0 Å². The average Bonchev–Trinajstić information content (AvgIpc) is 1.86. The molecule has 0 unspecified atom stereocenters. The number of nitrogens with zero attached hydrogens (tertiary/aromatic N) is 1. The fraction of sp³-hybridized carbons (Fsp3) is 1.00. The second kappa shape index (κ2) is 4.39. The van der Waals surface area contributed by atoms with E-state index in [1.165, 1.54) is 7.05 Å². The van der Waals surface area contributed by atoms with Crippen molar-refractivity contribution in [1.29, 1.82) is 0 Å². The number of aliphatic hydroxyl groups is 1.